The van der Waals surface area contributed by atoms with Crippen LogP contribution in [0, 0.1) is 37.0 Å². The second-order valence-corrected chi connectivity index (χ2v) is 16.9. The number of aryl methyl sites for hydroxylation is 2. The summed E-state index contributed by atoms with van der Waals surface area (Å²) in [6.45, 7) is 15.4. The summed E-state index contributed by atoms with van der Waals surface area (Å²) in [6.07, 6.45) is 12.4. The fraction of sp³-hybridized carbons (Fsp3) is 0.571. The van der Waals surface area contributed by atoms with Crippen molar-refractivity contribution in [1.82, 2.24) is 35.3 Å². The normalized spacial score (nSPS) is 24.3. The van der Waals surface area contributed by atoms with E-state index in [1.807, 2.05) is 49.0 Å². The van der Waals surface area contributed by atoms with Crippen LogP contribution in [0.15, 0.2) is 47.4 Å². The Balaban J connectivity index is 0.882. The quantitative estimate of drug-likeness (QED) is 0.150. The third-order valence-electron chi connectivity index (χ3n) is 12.7. The van der Waals surface area contributed by atoms with E-state index in [0.29, 0.717) is 16.5 Å². The van der Waals surface area contributed by atoms with Crippen molar-refractivity contribution in [3.8, 4) is 11.3 Å². The number of pyridine rings is 2. The highest BCUT2D eigenvalue weighted by Crippen LogP contribution is 2.61. The van der Waals surface area contributed by atoms with Gasteiger partial charge in [0, 0.05) is 80.3 Å². The molecule has 5 fully saturated rings. The van der Waals surface area contributed by atoms with E-state index in [0.717, 1.165) is 96.3 Å². The SMILES string of the molecule is Cc1cc(C)c(CNC(=O)c2cccc3c2c(-c2ccc(N4CCN(CCNCCC56CC7CC(CC(C7)C5)C6)CC4)nc2)nn3C(C)C)c(=O)[nH]1. The third kappa shape index (κ3) is 7.04. The number of H-pyrrole nitrogens is 1. The van der Waals surface area contributed by atoms with Gasteiger partial charge in [0.1, 0.15) is 11.5 Å². The van der Waals surface area contributed by atoms with E-state index in [4.69, 9.17) is 10.1 Å². The van der Waals surface area contributed by atoms with Gasteiger partial charge in [-0.25, -0.2) is 4.98 Å². The Bertz CT molecular complexity index is 1930. The number of hydrogen-bond donors (Lipinski definition) is 3. The molecule has 4 bridgehead atoms. The highest BCUT2D eigenvalue weighted by atomic mass is 16.1. The molecule has 4 saturated carbocycles. The second-order valence-electron chi connectivity index (χ2n) is 16.9. The number of nitrogens with zero attached hydrogens (tertiary/aromatic N) is 5. The van der Waals surface area contributed by atoms with Crippen LogP contribution in [0.1, 0.15) is 92.0 Å². The number of rotatable bonds is 12. The average molecular weight is 705 g/mol. The zero-order chi connectivity index (χ0) is 36.0. The number of carbonyl (C=O) groups is 1. The van der Waals surface area contributed by atoms with Crippen molar-refractivity contribution in [3.63, 3.8) is 0 Å². The van der Waals surface area contributed by atoms with Gasteiger partial charge in [0.15, 0.2) is 0 Å². The van der Waals surface area contributed by atoms with Crippen molar-refractivity contribution >= 4 is 22.6 Å². The molecule has 4 aliphatic carbocycles. The fourth-order valence-corrected chi connectivity index (χ4v) is 10.6. The van der Waals surface area contributed by atoms with E-state index in [2.05, 4.69) is 51.4 Å². The molecule has 4 heterocycles. The molecule has 52 heavy (non-hydrogen) atoms. The summed E-state index contributed by atoms with van der Waals surface area (Å²) in [6, 6.07) is 11.9. The van der Waals surface area contributed by atoms with Crippen molar-refractivity contribution in [2.75, 3.05) is 50.7 Å². The summed E-state index contributed by atoms with van der Waals surface area (Å²) in [5.74, 6) is 3.85. The first-order chi connectivity index (χ1) is 25.1. The summed E-state index contributed by atoms with van der Waals surface area (Å²) in [7, 11) is 0. The molecule has 1 aromatic carbocycles. The molecule has 1 amide bonds. The molecule has 10 nitrogen and oxygen atoms in total. The predicted octanol–water partition coefficient (Wildman–Crippen LogP) is 6.23. The molecule has 10 heteroatoms. The zero-order valence-corrected chi connectivity index (χ0v) is 31.5. The van der Waals surface area contributed by atoms with E-state index in [9.17, 15) is 9.59 Å². The van der Waals surface area contributed by atoms with Gasteiger partial charge in [-0.3, -0.25) is 19.2 Å². The molecule has 9 rings (SSSR count). The molecular weight excluding hydrogens is 649 g/mol. The number of aromatic amines is 1. The first-order valence-corrected chi connectivity index (χ1v) is 19.8. The van der Waals surface area contributed by atoms with E-state index >= 15 is 0 Å². The molecule has 0 radical (unpaired) electrons. The smallest absolute Gasteiger partial charge is 0.253 e. The Labute approximate surface area is 307 Å². The molecule has 0 atom stereocenters. The Hall–Kier alpha value is -4.02. The highest BCUT2D eigenvalue weighted by Gasteiger charge is 2.50. The molecular formula is C42H56N8O2. The fourth-order valence-electron chi connectivity index (χ4n) is 10.6. The van der Waals surface area contributed by atoms with Crippen molar-refractivity contribution in [2.24, 2.45) is 23.2 Å². The summed E-state index contributed by atoms with van der Waals surface area (Å²) in [5, 5.41) is 12.6. The summed E-state index contributed by atoms with van der Waals surface area (Å²) < 4.78 is 1.97. The first kappa shape index (κ1) is 35.0. The number of piperazine rings is 1. The Morgan fingerprint density at radius 3 is 2.37 bits per heavy atom. The topological polar surface area (TPSA) is 111 Å². The maximum atomic E-state index is 13.7. The van der Waals surface area contributed by atoms with Crippen LogP contribution in [0.25, 0.3) is 22.2 Å². The molecule has 3 N–H and O–H groups in total. The standard InChI is InChI=1S/C42H56N8O2/c1-27(2)50-36-7-5-6-34(40(51)45-26-35-28(3)18-29(4)46-41(35)52)38(36)39(47-50)33-8-9-37(44-25-33)49-16-14-48(15-17-49)13-12-43-11-10-42-22-30-19-31(23-42)21-32(20-30)24-42/h5-9,18,25,27,30-32,43H,10-17,19-24,26H2,1-4H3,(H,45,51)(H,46,52). The van der Waals surface area contributed by atoms with Crippen molar-refractivity contribution < 1.29 is 4.79 Å². The highest BCUT2D eigenvalue weighted by molar-refractivity contribution is 6.11. The molecule has 5 aliphatic rings. The molecule has 4 aromatic rings. The van der Waals surface area contributed by atoms with Crippen LogP contribution in [-0.4, -0.2) is 76.4 Å². The number of benzene rings is 1. The monoisotopic (exact) mass is 704 g/mol. The van der Waals surface area contributed by atoms with Gasteiger partial charge in [-0.1, -0.05) is 6.07 Å². The minimum Gasteiger partial charge on any atom is -0.354 e. The van der Waals surface area contributed by atoms with Gasteiger partial charge in [-0.2, -0.15) is 5.10 Å². The predicted molar refractivity (Wildman–Crippen MR) is 208 cm³/mol. The number of nitrogens with one attached hydrogen (secondary N) is 3. The summed E-state index contributed by atoms with van der Waals surface area (Å²) >= 11 is 0. The van der Waals surface area contributed by atoms with Crippen LogP contribution in [0.3, 0.4) is 0 Å². The second kappa shape index (κ2) is 14.4. The van der Waals surface area contributed by atoms with Crippen LogP contribution in [-0.2, 0) is 6.54 Å². The number of anilines is 1. The molecule has 0 unspecified atom stereocenters. The van der Waals surface area contributed by atoms with Gasteiger partial charge < -0.3 is 20.5 Å². The van der Waals surface area contributed by atoms with Gasteiger partial charge in [0.25, 0.3) is 11.5 Å². The molecule has 1 aliphatic heterocycles. The number of hydrogen-bond acceptors (Lipinski definition) is 7. The first-order valence-electron chi connectivity index (χ1n) is 19.8. The summed E-state index contributed by atoms with van der Waals surface area (Å²) in [5.41, 5.74) is 5.74. The van der Waals surface area contributed by atoms with Gasteiger partial charge >= 0.3 is 0 Å². The average Bonchev–Trinajstić information content (AvgIpc) is 3.51. The number of aromatic nitrogens is 4. The molecule has 1 saturated heterocycles. The van der Waals surface area contributed by atoms with Crippen molar-refractivity contribution in [2.45, 2.75) is 85.2 Å². The van der Waals surface area contributed by atoms with Crippen molar-refractivity contribution in [1.29, 1.82) is 0 Å². The van der Waals surface area contributed by atoms with Crippen LogP contribution < -0.4 is 21.1 Å². The minimum atomic E-state index is -0.241. The Kier molecular flexibility index (Phi) is 9.72. The van der Waals surface area contributed by atoms with Gasteiger partial charge in [-0.15, -0.1) is 0 Å². The van der Waals surface area contributed by atoms with E-state index in [1.165, 1.54) is 51.5 Å². The number of fused-ring (bicyclic) bond motifs is 1. The lowest BCUT2D eigenvalue weighted by Crippen LogP contribution is -2.49. The minimum absolute atomic E-state index is 0.101. The van der Waals surface area contributed by atoms with Crippen LogP contribution in [0.4, 0.5) is 5.82 Å². The summed E-state index contributed by atoms with van der Waals surface area (Å²) in [4.78, 5) is 39.0. The molecule has 0 spiro atoms. The van der Waals surface area contributed by atoms with Crippen molar-refractivity contribution in [3.05, 3.63) is 75.3 Å². The Morgan fingerprint density at radius 2 is 1.71 bits per heavy atom. The molecule has 276 valence electrons. The maximum Gasteiger partial charge on any atom is 0.253 e. The molecule has 3 aromatic heterocycles. The maximum absolute atomic E-state index is 13.7. The largest absolute Gasteiger partial charge is 0.354 e. The van der Waals surface area contributed by atoms with E-state index in [-0.39, 0.29) is 24.1 Å². The van der Waals surface area contributed by atoms with Crippen LogP contribution in [0.5, 0.6) is 0 Å². The Morgan fingerprint density at radius 1 is 0.981 bits per heavy atom. The lowest BCUT2D eigenvalue weighted by atomic mass is 9.49. The van der Waals surface area contributed by atoms with Crippen LogP contribution >= 0.6 is 0 Å². The lowest BCUT2D eigenvalue weighted by molar-refractivity contribution is -0.0567. The third-order valence-corrected chi connectivity index (χ3v) is 12.7. The lowest BCUT2D eigenvalue weighted by Gasteiger charge is -2.57. The van der Waals surface area contributed by atoms with Gasteiger partial charge in [0.2, 0.25) is 0 Å². The van der Waals surface area contributed by atoms with Gasteiger partial charge in [-0.05, 0) is 138 Å². The number of amides is 1. The van der Waals surface area contributed by atoms with E-state index in [1.54, 1.807) is 0 Å². The zero-order valence-electron chi connectivity index (χ0n) is 31.5. The van der Waals surface area contributed by atoms with Crippen LogP contribution in [0.2, 0.25) is 0 Å². The van der Waals surface area contributed by atoms with Gasteiger partial charge in [0.05, 0.1) is 11.1 Å². The van der Waals surface area contributed by atoms with E-state index < -0.39 is 0 Å². The number of carbonyl (C=O) groups excluding carboxylic acids is 1.